The van der Waals surface area contributed by atoms with Crippen molar-refractivity contribution in [1.29, 1.82) is 0 Å². The lowest BCUT2D eigenvalue weighted by molar-refractivity contribution is -0.129. The van der Waals surface area contributed by atoms with Crippen LogP contribution in [0.3, 0.4) is 0 Å². The first kappa shape index (κ1) is 13.5. The summed E-state index contributed by atoms with van der Waals surface area (Å²) in [6.45, 7) is 0. The van der Waals surface area contributed by atoms with Crippen LogP contribution in [0, 0.1) is 0 Å². The number of methoxy groups -OCH3 is 2. The van der Waals surface area contributed by atoms with Gasteiger partial charge in [0.15, 0.2) is 0 Å². The van der Waals surface area contributed by atoms with Gasteiger partial charge >= 0.3 is 0 Å². The Morgan fingerprint density at radius 3 is 2.24 bits per heavy atom. The van der Waals surface area contributed by atoms with E-state index in [1.807, 2.05) is 0 Å². The van der Waals surface area contributed by atoms with E-state index in [9.17, 15) is 9.90 Å². The molecule has 0 saturated carbocycles. The molecule has 2 N–H and O–H groups in total. The van der Waals surface area contributed by atoms with Crippen LogP contribution >= 0.6 is 0 Å². The van der Waals surface area contributed by atoms with Crippen molar-refractivity contribution in [3.05, 3.63) is 53.6 Å². The Labute approximate surface area is 122 Å². The number of nitrogens with one attached hydrogen (secondary N) is 1. The van der Waals surface area contributed by atoms with Crippen molar-refractivity contribution < 1.29 is 19.4 Å². The van der Waals surface area contributed by atoms with Crippen molar-refractivity contribution >= 4 is 11.6 Å². The number of benzene rings is 2. The molecule has 0 spiro atoms. The molecule has 0 bridgehead atoms. The Hall–Kier alpha value is -2.53. The van der Waals surface area contributed by atoms with E-state index in [-0.39, 0.29) is 0 Å². The van der Waals surface area contributed by atoms with Crippen LogP contribution < -0.4 is 14.8 Å². The zero-order valence-corrected chi connectivity index (χ0v) is 11.7. The van der Waals surface area contributed by atoms with Gasteiger partial charge in [-0.25, -0.2) is 0 Å². The third-order valence-electron chi connectivity index (χ3n) is 3.68. The third-order valence-corrected chi connectivity index (χ3v) is 3.68. The lowest BCUT2D eigenvalue weighted by Gasteiger charge is -2.25. The van der Waals surface area contributed by atoms with E-state index in [2.05, 4.69) is 5.32 Å². The topological polar surface area (TPSA) is 67.8 Å². The van der Waals surface area contributed by atoms with E-state index in [1.165, 1.54) is 14.2 Å². The summed E-state index contributed by atoms with van der Waals surface area (Å²) in [4.78, 5) is 12.4. The summed E-state index contributed by atoms with van der Waals surface area (Å²) in [6.07, 6.45) is 0. The van der Waals surface area contributed by atoms with E-state index >= 15 is 0 Å². The van der Waals surface area contributed by atoms with Gasteiger partial charge in [-0.2, -0.15) is 0 Å². The Morgan fingerprint density at radius 1 is 1.00 bits per heavy atom. The molecule has 21 heavy (non-hydrogen) atoms. The molecule has 1 unspecified atom stereocenters. The molecule has 5 nitrogen and oxygen atoms in total. The first-order chi connectivity index (χ1) is 10.1. The summed E-state index contributed by atoms with van der Waals surface area (Å²) in [5, 5.41) is 13.8. The van der Waals surface area contributed by atoms with Gasteiger partial charge in [0.25, 0.3) is 5.91 Å². The highest BCUT2D eigenvalue weighted by Crippen LogP contribution is 2.47. The molecule has 1 amide bonds. The summed E-state index contributed by atoms with van der Waals surface area (Å²) in [7, 11) is 2.97. The Kier molecular flexibility index (Phi) is 3.07. The maximum atomic E-state index is 12.4. The Bertz CT molecular complexity index is 691. The molecule has 1 heterocycles. The molecule has 0 aromatic heterocycles. The van der Waals surface area contributed by atoms with E-state index < -0.39 is 11.5 Å². The smallest absolute Gasteiger partial charge is 0.266 e. The summed E-state index contributed by atoms with van der Waals surface area (Å²) in [6, 6.07) is 12.1. The van der Waals surface area contributed by atoms with Gasteiger partial charge in [0.1, 0.15) is 11.5 Å². The second-order valence-corrected chi connectivity index (χ2v) is 4.75. The first-order valence-electron chi connectivity index (χ1n) is 6.47. The highest BCUT2D eigenvalue weighted by Gasteiger charge is 2.50. The Morgan fingerprint density at radius 2 is 1.62 bits per heavy atom. The summed E-state index contributed by atoms with van der Waals surface area (Å²) in [5.74, 6) is 0.263. The number of amides is 1. The number of rotatable bonds is 3. The lowest BCUT2D eigenvalue weighted by Crippen LogP contribution is -2.36. The molecule has 0 saturated heterocycles. The molecule has 108 valence electrons. The minimum absolute atomic E-state index is 0.303. The summed E-state index contributed by atoms with van der Waals surface area (Å²) < 4.78 is 10.6. The number of hydrogen-bond acceptors (Lipinski definition) is 4. The number of carbonyl (C=O) groups is 1. The van der Waals surface area contributed by atoms with Crippen molar-refractivity contribution in [2.24, 2.45) is 0 Å². The molecule has 0 radical (unpaired) electrons. The standard InChI is InChI=1S/C16H15NO4/c1-20-12-8-5-9-13(21-2)14(12)16(19)10-6-3-4-7-11(10)17-15(16)18/h3-9,19H,1-2H3,(H,17,18). The third kappa shape index (κ3) is 1.78. The van der Waals surface area contributed by atoms with Gasteiger partial charge in [-0.15, -0.1) is 0 Å². The van der Waals surface area contributed by atoms with Gasteiger partial charge < -0.3 is 19.9 Å². The Balaban J connectivity index is 2.31. The van der Waals surface area contributed by atoms with Gasteiger partial charge in [-0.1, -0.05) is 24.3 Å². The SMILES string of the molecule is COc1cccc(OC)c1C1(O)C(=O)Nc2ccccc21. The second-order valence-electron chi connectivity index (χ2n) is 4.75. The van der Waals surface area contributed by atoms with E-state index in [0.717, 1.165) is 0 Å². The van der Waals surface area contributed by atoms with Crippen molar-refractivity contribution in [3.8, 4) is 11.5 Å². The minimum atomic E-state index is -1.84. The molecule has 0 aliphatic carbocycles. The van der Waals surface area contributed by atoms with Crippen molar-refractivity contribution in [2.45, 2.75) is 5.60 Å². The van der Waals surface area contributed by atoms with Crippen LogP contribution in [0.4, 0.5) is 5.69 Å². The zero-order chi connectivity index (χ0) is 15.0. The summed E-state index contributed by atoms with van der Waals surface area (Å²) >= 11 is 0. The van der Waals surface area contributed by atoms with Gasteiger partial charge in [0, 0.05) is 11.3 Å². The van der Waals surface area contributed by atoms with Crippen LogP contribution in [0.2, 0.25) is 0 Å². The first-order valence-corrected chi connectivity index (χ1v) is 6.47. The number of fused-ring (bicyclic) bond motifs is 1. The van der Waals surface area contributed by atoms with Gasteiger partial charge in [0.2, 0.25) is 5.60 Å². The number of para-hydroxylation sites is 1. The quantitative estimate of drug-likeness (QED) is 0.903. The van der Waals surface area contributed by atoms with Crippen LogP contribution in [0.25, 0.3) is 0 Å². The van der Waals surface area contributed by atoms with Gasteiger partial charge in [-0.05, 0) is 18.2 Å². The number of aliphatic hydroxyl groups is 1. The molecule has 0 fully saturated rings. The minimum Gasteiger partial charge on any atom is -0.496 e. The molecule has 2 aromatic rings. The molecule has 3 rings (SSSR count). The predicted molar refractivity (Wildman–Crippen MR) is 77.6 cm³/mol. The molecule has 1 aliphatic rings. The normalized spacial score (nSPS) is 19.9. The fourth-order valence-corrected chi connectivity index (χ4v) is 2.70. The average molecular weight is 285 g/mol. The maximum Gasteiger partial charge on any atom is 0.266 e. The number of hydrogen-bond donors (Lipinski definition) is 2. The number of ether oxygens (including phenoxy) is 2. The van der Waals surface area contributed by atoms with E-state index in [0.29, 0.717) is 28.3 Å². The largest absolute Gasteiger partial charge is 0.496 e. The van der Waals surface area contributed by atoms with Crippen molar-refractivity contribution in [3.63, 3.8) is 0 Å². The second kappa shape index (κ2) is 4.79. The van der Waals surface area contributed by atoms with Gasteiger partial charge in [-0.3, -0.25) is 4.79 Å². The molecule has 1 aliphatic heterocycles. The predicted octanol–water partition coefficient (Wildman–Crippen LogP) is 1.89. The molecule has 1 atom stereocenters. The molecular formula is C16H15NO4. The zero-order valence-electron chi connectivity index (χ0n) is 11.7. The fraction of sp³-hybridized carbons (Fsp3) is 0.188. The average Bonchev–Trinajstić information content (AvgIpc) is 2.78. The molecule has 5 heteroatoms. The van der Waals surface area contributed by atoms with Gasteiger partial charge in [0.05, 0.1) is 19.8 Å². The van der Waals surface area contributed by atoms with Crippen LogP contribution in [-0.4, -0.2) is 25.2 Å². The van der Waals surface area contributed by atoms with E-state index in [1.54, 1.807) is 42.5 Å². The van der Waals surface area contributed by atoms with Crippen LogP contribution in [0.5, 0.6) is 11.5 Å². The molecule has 2 aromatic carbocycles. The van der Waals surface area contributed by atoms with Crippen LogP contribution in [0.15, 0.2) is 42.5 Å². The van der Waals surface area contributed by atoms with Crippen molar-refractivity contribution in [2.75, 3.05) is 19.5 Å². The van der Waals surface area contributed by atoms with Crippen molar-refractivity contribution in [1.82, 2.24) is 0 Å². The number of carbonyl (C=O) groups excluding carboxylic acids is 1. The van der Waals surface area contributed by atoms with Crippen LogP contribution in [0.1, 0.15) is 11.1 Å². The lowest BCUT2D eigenvalue weighted by atomic mass is 9.86. The highest BCUT2D eigenvalue weighted by atomic mass is 16.5. The monoisotopic (exact) mass is 285 g/mol. The van der Waals surface area contributed by atoms with E-state index in [4.69, 9.17) is 9.47 Å². The van der Waals surface area contributed by atoms with Crippen LogP contribution in [-0.2, 0) is 10.4 Å². The fourth-order valence-electron chi connectivity index (χ4n) is 2.70. The maximum absolute atomic E-state index is 12.4. The highest BCUT2D eigenvalue weighted by molar-refractivity contribution is 6.08. The molecular weight excluding hydrogens is 270 g/mol. The number of anilines is 1. The summed E-state index contributed by atoms with van der Waals surface area (Å²) in [5.41, 5.74) is -0.470.